The van der Waals surface area contributed by atoms with Crippen LogP contribution in [0.15, 0.2) is 0 Å². The summed E-state index contributed by atoms with van der Waals surface area (Å²) in [5.74, 6) is -0.155. The van der Waals surface area contributed by atoms with Crippen LogP contribution in [0, 0.1) is 0 Å². The van der Waals surface area contributed by atoms with Gasteiger partial charge in [0.25, 0.3) is 0 Å². The zero-order valence-corrected chi connectivity index (χ0v) is 48.3. The molecule has 2 N–H and O–H groups in total. The van der Waals surface area contributed by atoms with Crippen molar-refractivity contribution >= 4 is 5.97 Å². The van der Waals surface area contributed by atoms with E-state index in [0.29, 0.717) is 32.8 Å². The number of hydrogen-bond donors (Lipinski definition) is 2. The van der Waals surface area contributed by atoms with Gasteiger partial charge in [-0.25, -0.2) is 0 Å². The van der Waals surface area contributed by atoms with Crippen molar-refractivity contribution in [2.24, 2.45) is 0 Å². The summed E-state index contributed by atoms with van der Waals surface area (Å²) in [6.07, 6.45) is 52.1. The molecule has 0 saturated carbocycles. The van der Waals surface area contributed by atoms with Crippen LogP contribution < -0.4 is 0 Å². The minimum Gasteiger partial charge on any atom is -0.463 e. The molecule has 1 aliphatic heterocycles. The molecule has 1 aliphatic rings. The Labute approximate surface area is 442 Å². The van der Waals surface area contributed by atoms with E-state index >= 15 is 0 Å². The molecule has 1 fully saturated rings. The lowest BCUT2D eigenvalue weighted by Crippen LogP contribution is -2.23. The second kappa shape index (κ2) is 65.3. The van der Waals surface area contributed by atoms with Crippen molar-refractivity contribution in [3.63, 3.8) is 0 Å². The Morgan fingerprint density at radius 1 is 0.423 bits per heavy atom. The van der Waals surface area contributed by atoms with Crippen LogP contribution in [0.5, 0.6) is 0 Å². The van der Waals surface area contributed by atoms with Crippen molar-refractivity contribution in [1.29, 1.82) is 0 Å². The minimum absolute atomic E-state index is 0.0203. The summed E-state index contributed by atoms with van der Waals surface area (Å²) in [6, 6.07) is 0. The molecule has 0 spiro atoms. The van der Waals surface area contributed by atoms with Gasteiger partial charge in [-0.2, -0.15) is 0 Å². The first kappa shape index (κ1) is 72.2. The van der Waals surface area contributed by atoms with E-state index in [9.17, 15) is 4.79 Å². The molecule has 1 saturated heterocycles. The van der Waals surface area contributed by atoms with Gasteiger partial charge >= 0.3 is 5.97 Å². The molecule has 0 bridgehead atoms. The first-order valence-corrected chi connectivity index (χ1v) is 31.0. The minimum atomic E-state index is -0.155. The summed E-state index contributed by atoms with van der Waals surface area (Å²) >= 11 is 0. The quantitative estimate of drug-likeness (QED) is 0.0451. The highest BCUT2D eigenvalue weighted by Crippen LogP contribution is 2.22. The highest BCUT2D eigenvalue weighted by Gasteiger charge is 2.26. The van der Waals surface area contributed by atoms with Gasteiger partial charge in [-0.05, 0) is 78.3 Å². The number of ether oxygens (including phenoxy) is 6. The summed E-state index contributed by atoms with van der Waals surface area (Å²) in [4.78, 5) is 13.7. The third-order valence-electron chi connectivity index (χ3n) is 13.3. The van der Waals surface area contributed by atoms with Crippen molar-refractivity contribution in [2.75, 3.05) is 86.7 Å². The van der Waals surface area contributed by atoms with Crippen molar-refractivity contribution < 1.29 is 43.4 Å². The second-order valence-corrected chi connectivity index (χ2v) is 20.9. The Morgan fingerprint density at radius 2 is 0.718 bits per heavy atom. The van der Waals surface area contributed by atoms with Crippen LogP contribution in [0.3, 0.4) is 0 Å². The van der Waals surface area contributed by atoms with Gasteiger partial charge in [0.05, 0.1) is 12.5 Å². The number of esters is 1. The van der Waals surface area contributed by atoms with Crippen LogP contribution >= 0.6 is 0 Å². The monoisotopic (exact) mass is 1020 g/mol. The summed E-state index contributed by atoms with van der Waals surface area (Å²) in [6.45, 7) is 15.0. The van der Waals surface area contributed by atoms with Gasteiger partial charge in [0.2, 0.25) is 0 Å². The van der Waals surface area contributed by atoms with E-state index in [1.54, 1.807) is 0 Å². The third kappa shape index (κ3) is 65.2. The SMILES string of the molecule is CCCCCCCCOCCCCCCCCCO.CCCCCCCCOCCCCCCCCCO.CCCCCCCCOCCCCCCCCCO[C@H]1CC[C@@H](COC(=O)CCN(C)C)O1. The maximum absolute atomic E-state index is 11.7. The Hall–Kier alpha value is -0.850. The maximum Gasteiger partial charge on any atom is 0.307 e. The molecule has 0 aromatic carbocycles. The molecule has 2 atom stereocenters. The van der Waals surface area contributed by atoms with E-state index in [1.807, 2.05) is 19.0 Å². The standard InChI is InChI=1S/C27H53NO5.2C17H36O2/c1-4-5-6-7-11-14-21-30-22-15-12-9-8-10-13-16-23-31-27-18-17-25(33-27)24-32-26(29)19-20-28(2)3;2*1-2-3-4-5-10-13-16-19-17-14-11-8-6-7-9-12-15-18/h25,27H,4-24H2,1-3H3;2*18H,2-17H2,1H3/t25-,27+;;/m0../s1. The molecule has 0 aliphatic carbocycles. The molecule has 1 rings (SSSR count). The molecule has 0 amide bonds. The van der Waals surface area contributed by atoms with Crippen LogP contribution in [0.2, 0.25) is 0 Å². The molecule has 10 nitrogen and oxygen atoms in total. The van der Waals surface area contributed by atoms with Gasteiger partial charge in [-0.15, -0.1) is 0 Å². The van der Waals surface area contributed by atoms with E-state index < -0.39 is 0 Å². The van der Waals surface area contributed by atoms with E-state index in [-0.39, 0.29) is 18.4 Å². The predicted molar refractivity (Wildman–Crippen MR) is 302 cm³/mol. The first-order valence-electron chi connectivity index (χ1n) is 31.0. The maximum atomic E-state index is 11.7. The van der Waals surface area contributed by atoms with Crippen molar-refractivity contribution in [3.05, 3.63) is 0 Å². The van der Waals surface area contributed by atoms with E-state index in [0.717, 1.165) is 78.4 Å². The van der Waals surface area contributed by atoms with Crippen LogP contribution in [0.25, 0.3) is 0 Å². The van der Waals surface area contributed by atoms with E-state index in [4.69, 9.17) is 38.6 Å². The number of hydrogen-bond acceptors (Lipinski definition) is 10. The molecule has 0 aromatic heterocycles. The van der Waals surface area contributed by atoms with E-state index in [1.165, 1.54) is 231 Å². The Balaban J connectivity index is 0. The summed E-state index contributed by atoms with van der Waals surface area (Å²) in [5, 5.41) is 17.3. The van der Waals surface area contributed by atoms with Gasteiger partial charge in [0.1, 0.15) is 6.61 Å². The van der Waals surface area contributed by atoms with Crippen LogP contribution in [0.4, 0.5) is 0 Å². The molecule has 0 radical (unpaired) electrons. The first-order chi connectivity index (χ1) is 34.9. The number of nitrogens with zero attached hydrogens (tertiary/aromatic N) is 1. The summed E-state index contributed by atoms with van der Waals surface area (Å²) in [7, 11) is 3.90. The number of carbonyl (C=O) groups is 1. The van der Waals surface area contributed by atoms with Gasteiger partial charge < -0.3 is 43.5 Å². The zero-order valence-electron chi connectivity index (χ0n) is 48.3. The number of unbranched alkanes of at least 4 members (excludes halogenated alkanes) is 33. The smallest absolute Gasteiger partial charge is 0.307 e. The number of rotatable bonds is 55. The largest absolute Gasteiger partial charge is 0.463 e. The van der Waals surface area contributed by atoms with Crippen molar-refractivity contribution in [2.45, 2.75) is 303 Å². The zero-order chi connectivity index (χ0) is 52.0. The number of aliphatic hydroxyl groups excluding tert-OH is 2. The lowest BCUT2D eigenvalue weighted by Gasteiger charge is -2.15. The van der Waals surface area contributed by atoms with Crippen molar-refractivity contribution in [1.82, 2.24) is 4.90 Å². The third-order valence-corrected chi connectivity index (χ3v) is 13.3. The molecular weight excluding hydrogens is 891 g/mol. The highest BCUT2D eigenvalue weighted by atomic mass is 16.7. The van der Waals surface area contributed by atoms with Gasteiger partial charge in [0, 0.05) is 72.4 Å². The Bertz CT molecular complexity index is 893. The lowest BCUT2D eigenvalue weighted by atomic mass is 10.1. The van der Waals surface area contributed by atoms with Crippen molar-refractivity contribution in [3.8, 4) is 0 Å². The topological polar surface area (TPSA) is 116 Å². The Morgan fingerprint density at radius 3 is 1.03 bits per heavy atom. The molecule has 71 heavy (non-hydrogen) atoms. The van der Waals surface area contributed by atoms with Gasteiger partial charge in [-0.1, -0.05) is 213 Å². The molecule has 0 unspecified atom stereocenters. The number of carbonyl (C=O) groups excluding carboxylic acids is 1. The normalized spacial score (nSPS) is 14.4. The predicted octanol–water partition coefficient (Wildman–Crippen LogP) is 16.3. The molecule has 428 valence electrons. The molecule has 10 heteroatoms. The molecular formula is C61H125NO9. The summed E-state index contributed by atoms with van der Waals surface area (Å²) < 4.78 is 34.1. The van der Waals surface area contributed by atoms with Gasteiger partial charge in [0.15, 0.2) is 6.29 Å². The van der Waals surface area contributed by atoms with Gasteiger partial charge in [-0.3, -0.25) is 4.79 Å². The number of aliphatic hydroxyl groups is 2. The molecule has 0 aromatic rings. The van der Waals surface area contributed by atoms with Crippen LogP contribution in [0.1, 0.15) is 290 Å². The fraction of sp³-hybridized carbons (Fsp3) is 0.984. The lowest BCUT2D eigenvalue weighted by molar-refractivity contribution is -0.160. The van der Waals surface area contributed by atoms with Crippen LogP contribution in [-0.4, -0.2) is 120 Å². The average Bonchev–Trinajstić information content (AvgIpc) is 3.84. The van der Waals surface area contributed by atoms with Crippen LogP contribution in [-0.2, 0) is 33.2 Å². The average molecular weight is 1020 g/mol. The summed E-state index contributed by atoms with van der Waals surface area (Å²) in [5.41, 5.74) is 0. The fourth-order valence-corrected chi connectivity index (χ4v) is 8.55. The fourth-order valence-electron chi connectivity index (χ4n) is 8.55. The second-order valence-electron chi connectivity index (χ2n) is 20.9. The Kier molecular flexibility index (Phi) is 66.4. The highest BCUT2D eigenvalue weighted by molar-refractivity contribution is 5.69. The molecule has 1 heterocycles. The van der Waals surface area contributed by atoms with E-state index in [2.05, 4.69) is 20.8 Å².